The number of carbonyl (C=O) groups is 1. The minimum absolute atomic E-state index is 0. The Morgan fingerprint density at radius 3 is 2.68 bits per heavy atom. The molecule has 7 heteroatoms. The molecule has 1 unspecified atom stereocenters. The number of likely N-dealkylation sites (tertiary alicyclic amines) is 1. The molecule has 1 aromatic carbocycles. The van der Waals surface area contributed by atoms with Gasteiger partial charge in [0.15, 0.2) is 5.96 Å². The zero-order chi connectivity index (χ0) is 21.6. The summed E-state index contributed by atoms with van der Waals surface area (Å²) in [4.78, 5) is 19.6. The molecule has 1 atom stereocenters. The Morgan fingerprint density at radius 1 is 1.26 bits per heavy atom. The van der Waals surface area contributed by atoms with Crippen LogP contribution in [0.4, 0.5) is 0 Å². The van der Waals surface area contributed by atoms with E-state index in [2.05, 4.69) is 48.4 Å². The number of halogens is 1. The summed E-state index contributed by atoms with van der Waals surface area (Å²) in [6.07, 6.45) is 5.51. The molecule has 1 aromatic rings. The number of ether oxygens (including phenoxy) is 1. The SMILES string of the molecule is CCNC(=NCC(C)(C)c1cccc(OC)c1)NC1CCN(C(=O)C2CCCC2)C1.I. The molecule has 1 amide bonds. The van der Waals surface area contributed by atoms with E-state index >= 15 is 0 Å². The number of carbonyl (C=O) groups excluding carboxylic acids is 1. The highest BCUT2D eigenvalue weighted by molar-refractivity contribution is 14.0. The predicted molar refractivity (Wildman–Crippen MR) is 137 cm³/mol. The average Bonchev–Trinajstić information content (AvgIpc) is 3.44. The van der Waals surface area contributed by atoms with Crippen LogP contribution in [-0.2, 0) is 10.2 Å². The number of aliphatic imine (C=N–C) groups is 1. The maximum absolute atomic E-state index is 12.7. The summed E-state index contributed by atoms with van der Waals surface area (Å²) in [5, 5.41) is 6.93. The van der Waals surface area contributed by atoms with Crippen LogP contribution in [0.3, 0.4) is 0 Å². The van der Waals surface area contributed by atoms with E-state index in [1.807, 2.05) is 12.1 Å². The maximum Gasteiger partial charge on any atom is 0.225 e. The minimum atomic E-state index is -0.114. The number of hydrogen-bond acceptors (Lipinski definition) is 3. The van der Waals surface area contributed by atoms with Crippen LogP contribution < -0.4 is 15.4 Å². The highest BCUT2D eigenvalue weighted by atomic mass is 127. The highest BCUT2D eigenvalue weighted by Crippen LogP contribution is 2.28. The first-order valence-corrected chi connectivity index (χ1v) is 11.4. The smallest absolute Gasteiger partial charge is 0.225 e. The van der Waals surface area contributed by atoms with Gasteiger partial charge in [-0.1, -0.05) is 38.8 Å². The molecule has 2 fully saturated rings. The molecule has 174 valence electrons. The van der Waals surface area contributed by atoms with Crippen molar-refractivity contribution in [2.45, 2.75) is 64.3 Å². The van der Waals surface area contributed by atoms with Gasteiger partial charge in [-0.15, -0.1) is 24.0 Å². The number of guanidine groups is 1. The van der Waals surface area contributed by atoms with Crippen LogP contribution in [0.15, 0.2) is 29.3 Å². The van der Waals surface area contributed by atoms with Gasteiger partial charge in [0.25, 0.3) is 0 Å². The Balaban J connectivity index is 0.00000341. The minimum Gasteiger partial charge on any atom is -0.497 e. The Morgan fingerprint density at radius 2 is 2.00 bits per heavy atom. The Labute approximate surface area is 204 Å². The fourth-order valence-electron chi connectivity index (χ4n) is 4.43. The van der Waals surface area contributed by atoms with Gasteiger partial charge in [-0.2, -0.15) is 0 Å². The maximum atomic E-state index is 12.7. The van der Waals surface area contributed by atoms with E-state index in [0.29, 0.717) is 12.5 Å². The molecular weight excluding hydrogens is 503 g/mol. The Hall–Kier alpha value is -1.51. The summed E-state index contributed by atoms with van der Waals surface area (Å²) in [7, 11) is 1.69. The van der Waals surface area contributed by atoms with Crippen LogP contribution in [0.2, 0.25) is 0 Å². The highest BCUT2D eigenvalue weighted by Gasteiger charge is 2.32. The quantitative estimate of drug-likeness (QED) is 0.311. The average molecular weight is 543 g/mol. The van der Waals surface area contributed by atoms with Crippen molar-refractivity contribution < 1.29 is 9.53 Å². The molecule has 1 aliphatic carbocycles. The number of rotatable bonds is 7. The van der Waals surface area contributed by atoms with Crippen LogP contribution in [0.5, 0.6) is 5.75 Å². The zero-order valence-corrected chi connectivity index (χ0v) is 21.8. The standard InChI is InChI=1S/C24H38N4O2.HI/c1-5-25-23(26-17-24(2,3)19-11-8-12-21(15-19)30-4)27-20-13-14-28(16-20)22(29)18-9-6-7-10-18;/h8,11-12,15,18,20H,5-7,9-10,13-14,16-17H2,1-4H3,(H2,25,26,27);1H. The number of benzene rings is 1. The first-order valence-electron chi connectivity index (χ1n) is 11.4. The topological polar surface area (TPSA) is 66.0 Å². The molecule has 0 aromatic heterocycles. The van der Waals surface area contributed by atoms with Gasteiger partial charge in [0.1, 0.15) is 5.75 Å². The molecule has 1 saturated carbocycles. The lowest BCUT2D eigenvalue weighted by molar-refractivity contribution is -0.134. The van der Waals surface area contributed by atoms with Gasteiger partial charge in [0, 0.05) is 37.0 Å². The van der Waals surface area contributed by atoms with E-state index in [1.54, 1.807) is 7.11 Å². The fourth-order valence-corrected chi connectivity index (χ4v) is 4.43. The van der Waals surface area contributed by atoms with Crippen molar-refractivity contribution in [3.63, 3.8) is 0 Å². The molecule has 1 saturated heterocycles. The lowest BCUT2D eigenvalue weighted by atomic mass is 9.84. The van der Waals surface area contributed by atoms with Gasteiger partial charge in [-0.25, -0.2) is 0 Å². The van der Waals surface area contributed by atoms with Crippen LogP contribution in [0.25, 0.3) is 0 Å². The van der Waals surface area contributed by atoms with Gasteiger partial charge in [0.05, 0.1) is 13.7 Å². The van der Waals surface area contributed by atoms with Crippen LogP contribution >= 0.6 is 24.0 Å². The largest absolute Gasteiger partial charge is 0.497 e. The number of nitrogens with one attached hydrogen (secondary N) is 2. The van der Waals surface area contributed by atoms with Crippen molar-refractivity contribution in [1.82, 2.24) is 15.5 Å². The van der Waals surface area contributed by atoms with Gasteiger partial charge >= 0.3 is 0 Å². The fraction of sp³-hybridized carbons (Fsp3) is 0.667. The Bertz CT molecular complexity index is 747. The molecule has 0 spiro atoms. The predicted octanol–water partition coefficient (Wildman–Crippen LogP) is 3.94. The number of nitrogens with zero attached hydrogens (tertiary/aromatic N) is 2. The van der Waals surface area contributed by atoms with E-state index in [0.717, 1.165) is 50.6 Å². The van der Waals surface area contributed by atoms with Crippen molar-refractivity contribution in [3.05, 3.63) is 29.8 Å². The summed E-state index contributed by atoms with van der Waals surface area (Å²) >= 11 is 0. The normalized spacial score (nSPS) is 19.8. The van der Waals surface area contributed by atoms with E-state index in [4.69, 9.17) is 9.73 Å². The lowest BCUT2D eigenvalue weighted by Gasteiger charge is -2.25. The molecular formula is C24H39IN4O2. The second-order valence-corrected chi connectivity index (χ2v) is 9.21. The third-order valence-corrected chi connectivity index (χ3v) is 6.37. The van der Waals surface area contributed by atoms with Gasteiger partial charge < -0.3 is 20.3 Å². The van der Waals surface area contributed by atoms with Crippen molar-refractivity contribution >= 4 is 35.8 Å². The molecule has 1 heterocycles. The molecule has 3 rings (SSSR count). The van der Waals surface area contributed by atoms with E-state index in [1.165, 1.54) is 18.4 Å². The van der Waals surface area contributed by atoms with Crippen LogP contribution in [-0.4, -0.2) is 56.1 Å². The number of methoxy groups -OCH3 is 1. The van der Waals surface area contributed by atoms with Crippen molar-refractivity contribution in [2.75, 3.05) is 33.3 Å². The first-order chi connectivity index (χ1) is 14.4. The third kappa shape index (κ3) is 6.99. The summed E-state index contributed by atoms with van der Waals surface area (Å²) in [5.41, 5.74) is 1.09. The van der Waals surface area contributed by atoms with E-state index in [9.17, 15) is 4.79 Å². The monoisotopic (exact) mass is 542 g/mol. The van der Waals surface area contributed by atoms with Crippen molar-refractivity contribution in [1.29, 1.82) is 0 Å². The summed E-state index contributed by atoms with van der Waals surface area (Å²) in [5.74, 6) is 2.31. The van der Waals surface area contributed by atoms with E-state index in [-0.39, 0.29) is 41.4 Å². The first kappa shape index (κ1) is 25.7. The molecule has 2 aliphatic rings. The lowest BCUT2D eigenvalue weighted by Crippen LogP contribution is -2.46. The molecule has 31 heavy (non-hydrogen) atoms. The van der Waals surface area contributed by atoms with Crippen molar-refractivity contribution in [2.24, 2.45) is 10.9 Å². The molecule has 6 nitrogen and oxygen atoms in total. The molecule has 0 radical (unpaired) electrons. The van der Waals surface area contributed by atoms with Gasteiger partial charge in [0.2, 0.25) is 5.91 Å². The van der Waals surface area contributed by atoms with Crippen LogP contribution in [0.1, 0.15) is 58.4 Å². The summed E-state index contributed by atoms with van der Waals surface area (Å²) in [6, 6.07) is 8.46. The number of amides is 1. The molecule has 2 N–H and O–H groups in total. The Kier molecular flexibility index (Phi) is 9.90. The second kappa shape index (κ2) is 11.9. The number of hydrogen-bond donors (Lipinski definition) is 2. The molecule has 0 bridgehead atoms. The van der Waals surface area contributed by atoms with E-state index < -0.39 is 0 Å². The second-order valence-electron chi connectivity index (χ2n) is 9.21. The van der Waals surface area contributed by atoms with Gasteiger partial charge in [-0.3, -0.25) is 9.79 Å². The zero-order valence-electron chi connectivity index (χ0n) is 19.4. The summed E-state index contributed by atoms with van der Waals surface area (Å²) in [6.45, 7) is 9.57. The van der Waals surface area contributed by atoms with Gasteiger partial charge in [-0.05, 0) is 43.9 Å². The molecule has 1 aliphatic heterocycles. The summed E-state index contributed by atoms with van der Waals surface area (Å²) < 4.78 is 5.38. The van der Waals surface area contributed by atoms with Crippen molar-refractivity contribution in [3.8, 4) is 5.75 Å². The third-order valence-electron chi connectivity index (χ3n) is 6.37. The van der Waals surface area contributed by atoms with Crippen LogP contribution in [0, 0.1) is 5.92 Å².